The minimum absolute atomic E-state index is 0.0696. The molecule has 1 N–H and O–H groups in total. The highest BCUT2D eigenvalue weighted by molar-refractivity contribution is 7.14. The van der Waals surface area contributed by atoms with Gasteiger partial charge in [0.1, 0.15) is 5.75 Å². The molecular formula is C18H19F2NO2S. The lowest BCUT2D eigenvalue weighted by Gasteiger charge is -2.19. The van der Waals surface area contributed by atoms with E-state index in [1.54, 1.807) is 23.5 Å². The number of aryl methyl sites for hydroxylation is 1. The Hall–Kier alpha value is -1.95. The smallest absolute Gasteiger partial charge is 0.387 e. The van der Waals surface area contributed by atoms with Gasteiger partial charge in [-0.2, -0.15) is 8.78 Å². The lowest BCUT2D eigenvalue weighted by atomic mass is 9.87. The van der Waals surface area contributed by atoms with Gasteiger partial charge in [0.2, 0.25) is 0 Å². The van der Waals surface area contributed by atoms with E-state index in [4.69, 9.17) is 0 Å². The molecule has 24 heavy (non-hydrogen) atoms. The summed E-state index contributed by atoms with van der Waals surface area (Å²) < 4.78 is 28.5. The highest BCUT2D eigenvalue weighted by Gasteiger charge is 2.22. The standard InChI is InChI=1S/C18H19F2NO2S/c1-2-11-3-8-15-12(9-11)10-16(24-15)17(22)21-13-4-6-14(7-5-13)23-18(19)20/h4-7,10-11,18H,2-3,8-9H2,1H3,(H,21,22)/t11-/m1/s1. The first-order valence-corrected chi connectivity index (χ1v) is 8.84. The summed E-state index contributed by atoms with van der Waals surface area (Å²) in [6.07, 6.45) is 4.46. The molecule has 1 aliphatic rings. The van der Waals surface area contributed by atoms with Crippen LogP contribution in [0.1, 0.15) is 39.9 Å². The van der Waals surface area contributed by atoms with Crippen LogP contribution in [0.5, 0.6) is 5.75 Å². The summed E-state index contributed by atoms with van der Waals surface area (Å²) in [5, 5.41) is 2.80. The number of alkyl halides is 2. The molecule has 1 atom stereocenters. The van der Waals surface area contributed by atoms with E-state index in [1.165, 1.54) is 35.4 Å². The molecule has 3 nitrogen and oxygen atoms in total. The van der Waals surface area contributed by atoms with Gasteiger partial charge in [0, 0.05) is 10.6 Å². The largest absolute Gasteiger partial charge is 0.435 e. The zero-order valence-electron chi connectivity index (χ0n) is 13.4. The maximum atomic E-state index is 12.4. The zero-order chi connectivity index (χ0) is 17.1. The predicted octanol–water partition coefficient (Wildman–Crippen LogP) is 5.12. The minimum atomic E-state index is -2.85. The fraction of sp³-hybridized carbons (Fsp3) is 0.389. The molecule has 0 saturated heterocycles. The van der Waals surface area contributed by atoms with Gasteiger partial charge >= 0.3 is 6.61 Å². The van der Waals surface area contributed by atoms with E-state index in [-0.39, 0.29) is 11.7 Å². The highest BCUT2D eigenvalue weighted by atomic mass is 32.1. The maximum absolute atomic E-state index is 12.4. The molecule has 1 heterocycles. The van der Waals surface area contributed by atoms with Crippen molar-refractivity contribution in [2.75, 3.05) is 5.32 Å². The fourth-order valence-electron chi connectivity index (χ4n) is 2.97. The molecule has 0 saturated carbocycles. The predicted molar refractivity (Wildman–Crippen MR) is 91.2 cm³/mol. The number of amides is 1. The van der Waals surface area contributed by atoms with Gasteiger partial charge in [-0.3, -0.25) is 4.79 Å². The van der Waals surface area contributed by atoms with Crippen molar-refractivity contribution in [3.8, 4) is 5.75 Å². The summed E-state index contributed by atoms with van der Waals surface area (Å²) in [5.41, 5.74) is 1.85. The summed E-state index contributed by atoms with van der Waals surface area (Å²) >= 11 is 1.55. The monoisotopic (exact) mass is 351 g/mol. The molecule has 6 heteroatoms. The van der Waals surface area contributed by atoms with Crippen LogP contribution in [0.2, 0.25) is 0 Å². The number of halogens is 2. The fourth-order valence-corrected chi connectivity index (χ4v) is 4.08. The molecule has 0 spiro atoms. The van der Waals surface area contributed by atoms with Crippen LogP contribution in [0, 0.1) is 5.92 Å². The molecule has 0 bridgehead atoms. The number of anilines is 1. The average molecular weight is 351 g/mol. The van der Waals surface area contributed by atoms with E-state index in [2.05, 4.69) is 17.0 Å². The quantitative estimate of drug-likeness (QED) is 0.812. The van der Waals surface area contributed by atoms with Crippen LogP contribution in [0.4, 0.5) is 14.5 Å². The second-order valence-corrected chi connectivity index (χ2v) is 7.07. The minimum Gasteiger partial charge on any atom is -0.435 e. The van der Waals surface area contributed by atoms with Crippen molar-refractivity contribution >= 4 is 22.9 Å². The Balaban J connectivity index is 1.66. The van der Waals surface area contributed by atoms with Gasteiger partial charge in [0.15, 0.2) is 0 Å². The van der Waals surface area contributed by atoms with Gasteiger partial charge in [-0.25, -0.2) is 0 Å². The van der Waals surface area contributed by atoms with E-state index in [0.717, 1.165) is 12.8 Å². The molecule has 3 rings (SSSR count). The first-order valence-electron chi connectivity index (χ1n) is 8.03. The summed E-state index contributed by atoms with van der Waals surface area (Å²) in [6.45, 7) is -0.647. The number of benzene rings is 1. The Bertz CT molecular complexity index is 712. The van der Waals surface area contributed by atoms with Crippen molar-refractivity contribution < 1.29 is 18.3 Å². The average Bonchev–Trinajstić information content (AvgIpc) is 2.99. The SMILES string of the molecule is CC[C@@H]1CCc2sc(C(=O)Nc3ccc(OC(F)F)cc3)cc2C1. The first-order chi connectivity index (χ1) is 11.5. The van der Waals surface area contributed by atoms with E-state index >= 15 is 0 Å². The molecular weight excluding hydrogens is 332 g/mol. The number of hydrogen-bond donors (Lipinski definition) is 1. The Morgan fingerprint density at radius 1 is 1.38 bits per heavy atom. The summed E-state index contributed by atoms with van der Waals surface area (Å²) in [6, 6.07) is 7.91. The van der Waals surface area contributed by atoms with Gasteiger partial charge in [0.25, 0.3) is 5.91 Å². The topological polar surface area (TPSA) is 38.3 Å². The molecule has 0 unspecified atom stereocenters. The van der Waals surface area contributed by atoms with Crippen molar-refractivity contribution in [2.24, 2.45) is 5.92 Å². The third-order valence-corrected chi connectivity index (χ3v) is 5.56. The summed E-state index contributed by atoms with van der Waals surface area (Å²) in [4.78, 5) is 14.4. The molecule has 0 fully saturated rings. The van der Waals surface area contributed by atoms with Gasteiger partial charge in [-0.1, -0.05) is 13.3 Å². The third-order valence-electron chi connectivity index (χ3n) is 4.32. The zero-order valence-corrected chi connectivity index (χ0v) is 14.2. The van der Waals surface area contributed by atoms with E-state index in [0.29, 0.717) is 16.5 Å². The second-order valence-electron chi connectivity index (χ2n) is 5.93. The van der Waals surface area contributed by atoms with Crippen LogP contribution in [-0.4, -0.2) is 12.5 Å². The molecule has 128 valence electrons. The highest BCUT2D eigenvalue weighted by Crippen LogP contribution is 2.33. The number of thiophene rings is 1. The van der Waals surface area contributed by atoms with Crippen molar-refractivity contribution in [1.82, 2.24) is 0 Å². The molecule has 1 aliphatic carbocycles. The third kappa shape index (κ3) is 3.93. The number of rotatable bonds is 5. The number of nitrogens with one attached hydrogen (secondary N) is 1. The van der Waals surface area contributed by atoms with Crippen molar-refractivity contribution in [3.05, 3.63) is 45.6 Å². The lowest BCUT2D eigenvalue weighted by Crippen LogP contribution is -2.11. The van der Waals surface area contributed by atoms with Crippen LogP contribution in [0.3, 0.4) is 0 Å². The van der Waals surface area contributed by atoms with Gasteiger partial charge in [-0.15, -0.1) is 11.3 Å². The second kappa shape index (κ2) is 7.30. The van der Waals surface area contributed by atoms with Crippen LogP contribution in [-0.2, 0) is 12.8 Å². The van der Waals surface area contributed by atoms with Crippen molar-refractivity contribution in [2.45, 2.75) is 39.2 Å². The Kier molecular flexibility index (Phi) is 5.14. The van der Waals surface area contributed by atoms with Crippen molar-refractivity contribution in [3.63, 3.8) is 0 Å². The Labute approximate surface area is 143 Å². The molecule has 1 amide bonds. The normalized spacial score (nSPS) is 16.8. The lowest BCUT2D eigenvalue weighted by molar-refractivity contribution is -0.0498. The molecule has 1 aromatic heterocycles. The Morgan fingerprint density at radius 2 is 2.12 bits per heavy atom. The number of fused-ring (bicyclic) bond motifs is 1. The van der Waals surface area contributed by atoms with E-state index in [1.807, 2.05) is 6.07 Å². The van der Waals surface area contributed by atoms with Crippen molar-refractivity contribution in [1.29, 1.82) is 0 Å². The van der Waals surface area contributed by atoms with Crippen LogP contribution >= 0.6 is 11.3 Å². The molecule has 2 aromatic rings. The van der Waals surface area contributed by atoms with Gasteiger partial charge in [0.05, 0.1) is 4.88 Å². The summed E-state index contributed by atoms with van der Waals surface area (Å²) in [7, 11) is 0. The van der Waals surface area contributed by atoms with Crippen LogP contribution in [0.25, 0.3) is 0 Å². The van der Waals surface area contributed by atoms with Gasteiger partial charge < -0.3 is 10.1 Å². The number of ether oxygens (including phenoxy) is 1. The first kappa shape index (κ1) is 16.9. The van der Waals surface area contributed by atoms with E-state index in [9.17, 15) is 13.6 Å². The maximum Gasteiger partial charge on any atom is 0.387 e. The number of carbonyl (C=O) groups is 1. The molecule has 0 radical (unpaired) electrons. The van der Waals surface area contributed by atoms with Gasteiger partial charge in [-0.05, 0) is 61.1 Å². The Morgan fingerprint density at radius 3 is 2.79 bits per heavy atom. The number of carbonyl (C=O) groups excluding carboxylic acids is 1. The summed E-state index contributed by atoms with van der Waals surface area (Å²) in [5.74, 6) is 0.621. The molecule has 0 aliphatic heterocycles. The van der Waals surface area contributed by atoms with E-state index < -0.39 is 6.61 Å². The number of hydrogen-bond acceptors (Lipinski definition) is 3. The van der Waals surface area contributed by atoms with Crippen LogP contribution in [0.15, 0.2) is 30.3 Å². The molecule has 1 aromatic carbocycles. The van der Waals surface area contributed by atoms with Crippen LogP contribution < -0.4 is 10.1 Å².